The van der Waals surface area contributed by atoms with E-state index in [1.807, 2.05) is 29.7 Å². The summed E-state index contributed by atoms with van der Waals surface area (Å²) in [6.45, 7) is -0.140. The fourth-order valence-corrected chi connectivity index (χ4v) is 2.62. The number of carbonyl (C=O) groups excluding carboxylic acids is 2. The molecule has 0 atom stereocenters. The molecule has 0 unspecified atom stereocenters. The Morgan fingerprint density at radius 3 is 3.09 bits per heavy atom. The smallest absolute Gasteiger partial charge is 0.325 e. The van der Waals surface area contributed by atoms with Crippen molar-refractivity contribution in [3.05, 3.63) is 28.2 Å². The Hall–Kier alpha value is -2.13. The molecule has 2 N–H and O–H groups in total. The quantitative estimate of drug-likeness (QED) is 0.585. The van der Waals surface area contributed by atoms with E-state index < -0.39 is 5.97 Å². The van der Waals surface area contributed by atoms with Crippen LogP contribution < -0.4 is 5.32 Å². The van der Waals surface area contributed by atoms with E-state index in [0.717, 1.165) is 4.88 Å². The number of amides is 1. The number of nitrogens with zero attached hydrogens (tertiary/aromatic N) is 2. The molecule has 2 aromatic heterocycles. The fraction of sp³-hybridized carbons (Fsp3) is 0.231. The minimum absolute atomic E-state index is 0.128. The molecule has 2 aromatic rings. The van der Waals surface area contributed by atoms with Gasteiger partial charge < -0.3 is 10.1 Å². The molecule has 22 heavy (non-hydrogen) atoms. The molecule has 0 bridgehead atoms. The van der Waals surface area contributed by atoms with Gasteiger partial charge in [-0.3, -0.25) is 14.7 Å². The van der Waals surface area contributed by atoms with E-state index in [1.165, 1.54) is 18.9 Å². The fourth-order valence-electron chi connectivity index (χ4n) is 1.37. The van der Waals surface area contributed by atoms with Gasteiger partial charge in [0.2, 0.25) is 11.1 Å². The van der Waals surface area contributed by atoms with Gasteiger partial charge in [0.05, 0.1) is 12.9 Å². The van der Waals surface area contributed by atoms with Crippen molar-refractivity contribution in [1.29, 1.82) is 0 Å². The van der Waals surface area contributed by atoms with Crippen LogP contribution in [0.1, 0.15) is 10.7 Å². The van der Waals surface area contributed by atoms with Gasteiger partial charge in [0, 0.05) is 4.88 Å². The van der Waals surface area contributed by atoms with Crippen molar-refractivity contribution in [3.63, 3.8) is 0 Å². The van der Waals surface area contributed by atoms with E-state index >= 15 is 0 Å². The maximum absolute atomic E-state index is 11.5. The van der Waals surface area contributed by atoms with Crippen molar-refractivity contribution in [3.8, 4) is 0 Å². The number of H-pyrrole nitrogens is 1. The molecule has 9 heteroatoms. The Kier molecular flexibility index (Phi) is 6.16. The van der Waals surface area contributed by atoms with Gasteiger partial charge in [-0.05, 0) is 23.6 Å². The Labute approximate surface area is 135 Å². The number of thiophene rings is 1. The number of rotatable bonds is 7. The van der Waals surface area contributed by atoms with Crippen LogP contribution >= 0.6 is 23.1 Å². The van der Waals surface area contributed by atoms with Gasteiger partial charge in [0.15, 0.2) is 0 Å². The van der Waals surface area contributed by atoms with Crippen LogP contribution in [0.3, 0.4) is 0 Å². The normalized spacial score (nSPS) is 10.8. The Bertz CT molecular complexity index is 652. The molecule has 0 saturated heterocycles. The zero-order valence-electron chi connectivity index (χ0n) is 11.7. The first-order valence-corrected chi connectivity index (χ1v) is 8.14. The van der Waals surface area contributed by atoms with E-state index in [9.17, 15) is 9.59 Å². The van der Waals surface area contributed by atoms with Gasteiger partial charge in [-0.15, -0.1) is 16.4 Å². The third-order valence-corrected chi connectivity index (χ3v) is 4.11. The highest BCUT2D eigenvalue weighted by atomic mass is 32.2. The van der Waals surface area contributed by atoms with Crippen molar-refractivity contribution >= 4 is 47.1 Å². The molecule has 116 valence electrons. The van der Waals surface area contributed by atoms with Crippen LogP contribution in [0, 0.1) is 0 Å². The lowest BCUT2D eigenvalue weighted by molar-refractivity contribution is -0.140. The second-order valence-corrected chi connectivity index (χ2v) is 5.92. The number of hydrogen-bond donors (Lipinski definition) is 2. The number of hydrogen-bond acceptors (Lipinski definition) is 7. The predicted octanol–water partition coefficient (Wildman–Crippen LogP) is 1.42. The van der Waals surface area contributed by atoms with Crippen LogP contribution in [0.4, 0.5) is 0 Å². The summed E-state index contributed by atoms with van der Waals surface area (Å²) in [4.78, 5) is 27.7. The van der Waals surface area contributed by atoms with Crippen LogP contribution in [-0.2, 0) is 14.3 Å². The minimum atomic E-state index is -0.489. The first-order valence-electron chi connectivity index (χ1n) is 6.27. The highest BCUT2D eigenvalue weighted by Crippen LogP contribution is 2.14. The maximum Gasteiger partial charge on any atom is 0.325 e. The number of thioether (sulfide) groups is 1. The van der Waals surface area contributed by atoms with Gasteiger partial charge in [-0.25, -0.2) is 4.98 Å². The lowest BCUT2D eigenvalue weighted by atomic mass is 10.4. The summed E-state index contributed by atoms with van der Waals surface area (Å²) in [5.74, 6) is -0.0258. The SMILES string of the molecule is COC(=O)CNC(=O)CSc1n[nH]c(/C=C/c2cccs2)n1. The first kappa shape index (κ1) is 16.2. The molecule has 2 rings (SSSR count). The topological polar surface area (TPSA) is 97.0 Å². The zero-order valence-corrected chi connectivity index (χ0v) is 13.4. The molecule has 0 fully saturated rings. The predicted molar refractivity (Wildman–Crippen MR) is 85.4 cm³/mol. The van der Waals surface area contributed by atoms with E-state index in [2.05, 4.69) is 25.2 Å². The molecule has 0 saturated carbocycles. The first-order chi connectivity index (χ1) is 10.7. The van der Waals surface area contributed by atoms with Crippen LogP contribution in [0.2, 0.25) is 0 Å². The molecule has 1 amide bonds. The molecule has 0 spiro atoms. The zero-order chi connectivity index (χ0) is 15.8. The third-order valence-electron chi connectivity index (χ3n) is 2.42. The van der Waals surface area contributed by atoms with Gasteiger partial charge in [0.25, 0.3) is 0 Å². The van der Waals surface area contributed by atoms with Crippen molar-refractivity contribution in [2.24, 2.45) is 0 Å². The summed E-state index contributed by atoms with van der Waals surface area (Å²) in [6.07, 6.45) is 3.75. The number of nitrogens with one attached hydrogen (secondary N) is 2. The van der Waals surface area contributed by atoms with E-state index in [4.69, 9.17) is 0 Å². The van der Waals surface area contributed by atoms with Gasteiger partial charge in [0.1, 0.15) is 12.4 Å². The minimum Gasteiger partial charge on any atom is -0.468 e. The molecule has 0 aliphatic heterocycles. The summed E-state index contributed by atoms with van der Waals surface area (Å²) in [5, 5.41) is 11.7. The van der Waals surface area contributed by atoms with Crippen LogP contribution in [0.25, 0.3) is 12.2 Å². The number of aromatic amines is 1. The monoisotopic (exact) mass is 338 g/mol. The Morgan fingerprint density at radius 2 is 2.36 bits per heavy atom. The molecule has 0 radical (unpaired) electrons. The van der Waals surface area contributed by atoms with Gasteiger partial charge in [-0.1, -0.05) is 17.8 Å². The molecule has 2 heterocycles. The summed E-state index contributed by atoms with van der Waals surface area (Å²) < 4.78 is 4.43. The average molecular weight is 338 g/mol. The maximum atomic E-state index is 11.5. The molecule has 0 aliphatic carbocycles. The lowest BCUT2D eigenvalue weighted by Crippen LogP contribution is -2.31. The lowest BCUT2D eigenvalue weighted by Gasteiger charge is -2.01. The highest BCUT2D eigenvalue weighted by molar-refractivity contribution is 7.99. The number of ether oxygens (including phenoxy) is 1. The van der Waals surface area contributed by atoms with E-state index in [1.54, 1.807) is 11.3 Å². The number of methoxy groups -OCH3 is 1. The third kappa shape index (κ3) is 5.34. The number of aromatic nitrogens is 3. The molecule has 0 aromatic carbocycles. The molecule has 7 nitrogen and oxygen atoms in total. The van der Waals surface area contributed by atoms with Gasteiger partial charge in [-0.2, -0.15) is 0 Å². The molecular weight excluding hydrogens is 324 g/mol. The van der Waals surface area contributed by atoms with Crippen molar-refractivity contribution in [2.75, 3.05) is 19.4 Å². The van der Waals surface area contributed by atoms with E-state index in [-0.39, 0.29) is 18.2 Å². The number of esters is 1. The average Bonchev–Trinajstić information content (AvgIpc) is 3.19. The molecule has 0 aliphatic rings. The van der Waals surface area contributed by atoms with Crippen LogP contribution in [-0.4, -0.2) is 46.5 Å². The Morgan fingerprint density at radius 1 is 1.50 bits per heavy atom. The van der Waals surface area contributed by atoms with Crippen LogP contribution in [0.5, 0.6) is 0 Å². The van der Waals surface area contributed by atoms with Crippen molar-refractivity contribution < 1.29 is 14.3 Å². The van der Waals surface area contributed by atoms with Gasteiger partial charge >= 0.3 is 5.97 Å². The van der Waals surface area contributed by atoms with Crippen molar-refractivity contribution in [2.45, 2.75) is 5.16 Å². The summed E-state index contributed by atoms with van der Waals surface area (Å²) in [5.41, 5.74) is 0. The summed E-state index contributed by atoms with van der Waals surface area (Å²) in [7, 11) is 1.27. The van der Waals surface area contributed by atoms with Crippen LogP contribution in [0.15, 0.2) is 22.7 Å². The second kappa shape index (κ2) is 8.35. The van der Waals surface area contributed by atoms with Crippen molar-refractivity contribution in [1.82, 2.24) is 20.5 Å². The summed E-state index contributed by atoms with van der Waals surface area (Å²) in [6, 6.07) is 3.97. The number of carbonyl (C=O) groups is 2. The largest absolute Gasteiger partial charge is 0.468 e. The Balaban J connectivity index is 1.77. The second-order valence-electron chi connectivity index (χ2n) is 3.99. The standard InChI is InChI=1S/C13H14N4O3S2/c1-20-12(19)7-14-11(18)8-22-13-15-10(16-17-13)5-4-9-3-2-6-21-9/h2-6H,7-8H2,1H3,(H,14,18)(H,15,16,17)/b5-4+. The molecular formula is C13H14N4O3S2. The highest BCUT2D eigenvalue weighted by Gasteiger charge is 2.08. The van der Waals surface area contributed by atoms with E-state index in [0.29, 0.717) is 11.0 Å². The summed E-state index contributed by atoms with van der Waals surface area (Å²) >= 11 is 2.81.